The maximum absolute atomic E-state index is 5.96. The number of para-hydroxylation sites is 1. The van der Waals surface area contributed by atoms with Gasteiger partial charge in [-0.25, -0.2) is 0 Å². The molecule has 0 N–H and O–H groups in total. The van der Waals surface area contributed by atoms with Gasteiger partial charge in [-0.15, -0.1) is 11.6 Å². The number of alkyl halides is 1. The first-order chi connectivity index (χ1) is 7.20. The summed E-state index contributed by atoms with van der Waals surface area (Å²) >= 11 is 5.96. The lowest BCUT2D eigenvalue weighted by Gasteiger charge is -2.25. The van der Waals surface area contributed by atoms with Crippen LogP contribution in [0.2, 0.25) is 0 Å². The largest absolute Gasteiger partial charge is 0.495 e. The maximum Gasteiger partial charge on any atom is 0.144 e. The lowest BCUT2D eigenvalue weighted by Crippen LogP contribution is -2.40. The van der Waals surface area contributed by atoms with Crippen LogP contribution < -0.4 is 14.5 Å². The van der Waals surface area contributed by atoms with E-state index in [0.29, 0.717) is 5.88 Å². The Morgan fingerprint density at radius 3 is 2.67 bits per heavy atom. The molecule has 2 rings (SSSR count). The molecule has 1 atom stereocenters. The smallest absolute Gasteiger partial charge is 0.144 e. The van der Waals surface area contributed by atoms with Gasteiger partial charge < -0.3 is 14.5 Å². The van der Waals surface area contributed by atoms with Crippen LogP contribution in [0.15, 0.2) is 18.2 Å². The van der Waals surface area contributed by atoms with Crippen molar-refractivity contribution in [1.29, 1.82) is 0 Å². The summed E-state index contributed by atoms with van der Waals surface area (Å²) in [5, 5.41) is 0. The summed E-state index contributed by atoms with van der Waals surface area (Å²) in [6.45, 7) is 0. The van der Waals surface area contributed by atoms with E-state index in [0.717, 1.165) is 11.4 Å². The monoisotopic (exact) mass is 226 g/mol. The molecule has 1 aromatic rings. The van der Waals surface area contributed by atoms with Gasteiger partial charge in [0, 0.05) is 14.1 Å². The van der Waals surface area contributed by atoms with Gasteiger partial charge in [0.1, 0.15) is 17.6 Å². The van der Waals surface area contributed by atoms with Gasteiger partial charge in [-0.05, 0) is 12.1 Å². The van der Waals surface area contributed by atoms with Gasteiger partial charge in [0.2, 0.25) is 0 Å². The molecule has 1 aromatic carbocycles. The third-order valence-corrected chi connectivity index (χ3v) is 3.24. The van der Waals surface area contributed by atoms with Crippen molar-refractivity contribution in [1.82, 2.24) is 0 Å². The number of anilines is 2. The number of nitrogens with zero attached hydrogens (tertiary/aromatic N) is 2. The van der Waals surface area contributed by atoms with Crippen molar-refractivity contribution in [2.75, 3.05) is 36.9 Å². The van der Waals surface area contributed by atoms with Gasteiger partial charge in [0.15, 0.2) is 0 Å². The molecule has 0 fully saturated rings. The van der Waals surface area contributed by atoms with Crippen molar-refractivity contribution < 1.29 is 4.74 Å². The zero-order valence-electron chi connectivity index (χ0n) is 9.20. The van der Waals surface area contributed by atoms with Crippen LogP contribution in [0.3, 0.4) is 0 Å². The molecule has 0 radical (unpaired) electrons. The Morgan fingerprint density at radius 2 is 2.07 bits per heavy atom. The van der Waals surface area contributed by atoms with E-state index in [9.17, 15) is 0 Å². The van der Waals surface area contributed by atoms with Gasteiger partial charge in [-0.2, -0.15) is 0 Å². The summed E-state index contributed by atoms with van der Waals surface area (Å²) in [7, 11) is 5.78. The van der Waals surface area contributed by atoms with Gasteiger partial charge in [0.05, 0.1) is 18.7 Å². The average molecular weight is 227 g/mol. The molecule has 0 bridgehead atoms. The molecule has 0 aromatic heterocycles. The van der Waals surface area contributed by atoms with Crippen LogP contribution in [-0.4, -0.2) is 33.3 Å². The Morgan fingerprint density at radius 1 is 1.33 bits per heavy atom. The predicted octanol–water partition coefficient (Wildman–Crippen LogP) is 2.15. The van der Waals surface area contributed by atoms with Crippen LogP contribution >= 0.6 is 11.6 Å². The second-order valence-electron chi connectivity index (χ2n) is 3.68. The Balaban J connectivity index is 2.51. The minimum Gasteiger partial charge on any atom is -0.495 e. The fraction of sp³-hybridized carbons (Fsp3) is 0.455. The van der Waals surface area contributed by atoms with E-state index in [-0.39, 0.29) is 6.17 Å². The Bertz CT molecular complexity index is 370. The number of ether oxygens (including phenoxy) is 1. The Hall–Kier alpha value is -1.09. The Labute approximate surface area is 95.2 Å². The van der Waals surface area contributed by atoms with E-state index in [1.807, 2.05) is 19.2 Å². The lowest BCUT2D eigenvalue weighted by atomic mass is 10.2. The Kier molecular flexibility index (Phi) is 2.65. The van der Waals surface area contributed by atoms with E-state index >= 15 is 0 Å². The fourth-order valence-corrected chi connectivity index (χ4v) is 2.51. The number of benzene rings is 1. The van der Waals surface area contributed by atoms with E-state index in [4.69, 9.17) is 16.3 Å². The maximum atomic E-state index is 5.96. The highest BCUT2D eigenvalue weighted by Gasteiger charge is 2.32. The van der Waals surface area contributed by atoms with Gasteiger partial charge in [-0.3, -0.25) is 0 Å². The van der Waals surface area contributed by atoms with Crippen LogP contribution in [0, 0.1) is 0 Å². The predicted molar refractivity (Wildman–Crippen MR) is 64.3 cm³/mol. The van der Waals surface area contributed by atoms with Crippen molar-refractivity contribution >= 4 is 23.0 Å². The number of hydrogen-bond donors (Lipinski definition) is 0. The zero-order chi connectivity index (χ0) is 11.0. The summed E-state index contributed by atoms with van der Waals surface area (Å²) in [5.41, 5.74) is 2.29. The van der Waals surface area contributed by atoms with E-state index in [2.05, 4.69) is 22.9 Å². The molecule has 15 heavy (non-hydrogen) atoms. The minimum absolute atomic E-state index is 0.206. The molecule has 0 amide bonds. The number of methoxy groups -OCH3 is 1. The molecule has 0 saturated heterocycles. The second kappa shape index (κ2) is 3.81. The van der Waals surface area contributed by atoms with Crippen LogP contribution in [0.4, 0.5) is 11.4 Å². The van der Waals surface area contributed by atoms with Crippen molar-refractivity contribution in [3.05, 3.63) is 18.2 Å². The van der Waals surface area contributed by atoms with Crippen LogP contribution in [0.25, 0.3) is 0 Å². The van der Waals surface area contributed by atoms with Crippen molar-refractivity contribution in [2.45, 2.75) is 6.17 Å². The van der Waals surface area contributed by atoms with Crippen LogP contribution in [-0.2, 0) is 0 Å². The standard InChI is InChI=1S/C11H15ClN2O/c1-13-8-5-4-6-9(15-3)11(8)14(2)10(13)7-12/h4-6,10H,7H2,1-3H3. The molecular weight excluding hydrogens is 212 g/mol. The quantitative estimate of drug-likeness (QED) is 0.719. The third kappa shape index (κ3) is 1.42. The molecular formula is C11H15ClN2O. The normalized spacial score (nSPS) is 19.3. The highest BCUT2D eigenvalue weighted by Crippen LogP contribution is 2.44. The van der Waals surface area contributed by atoms with Gasteiger partial charge >= 0.3 is 0 Å². The van der Waals surface area contributed by atoms with Crippen molar-refractivity contribution in [3.8, 4) is 5.75 Å². The first-order valence-corrected chi connectivity index (χ1v) is 5.42. The number of halogens is 1. The molecule has 4 heteroatoms. The summed E-state index contributed by atoms with van der Waals surface area (Å²) < 4.78 is 5.36. The molecule has 1 heterocycles. The highest BCUT2D eigenvalue weighted by molar-refractivity contribution is 6.18. The average Bonchev–Trinajstić information content (AvgIpc) is 2.51. The SMILES string of the molecule is COc1cccc2c1N(C)C(CCl)N2C. The second-order valence-corrected chi connectivity index (χ2v) is 3.99. The molecule has 0 aliphatic carbocycles. The first kappa shape index (κ1) is 10.4. The summed E-state index contributed by atoms with van der Waals surface area (Å²) in [4.78, 5) is 4.33. The summed E-state index contributed by atoms with van der Waals surface area (Å²) in [5.74, 6) is 1.47. The molecule has 1 unspecified atom stereocenters. The summed E-state index contributed by atoms with van der Waals surface area (Å²) in [6.07, 6.45) is 0.206. The number of fused-ring (bicyclic) bond motifs is 1. The molecule has 82 valence electrons. The molecule has 3 nitrogen and oxygen atoms in total. The molecule has 1 aliphatic rings. The molecule has 0 spiro atoms. The van der Waals surface area contributed by atoms with E-state index < -0.39 is 0 Å². The minimum atomic E-state index is 0.206. The van der Waals surface area contributed by atoms with Gasteiger partial charge in [0.25, 0.3) is 0 Å². The third-order valence-electron chi connectivity index (χ3n) is 2.96. The van der Waals surface area contributed by atoms with Crippen molar-refractivity contribution in [2.24, 2.45) is 0 Å². The highest BCUT2D eigenvalue weighted by atomic mass is 35.5. The lowest BCUT2D eigenvalue weighted by molar-refractivity contribution is 0.415. The molecule has 1 aliphatic heterocycles. The van der Waals surface area contributed by atoms with Gasteiger partial charge in [-0.1, -0.05) is 6.07 Å². The molecule has 0 saturated carbocycles. The van der Waals surface area contributed by atoms with Crippen LogP contribution in [0.5, 0.6) is 5.75 Å². The first-order valence-electron chi connectivity index (χ1n) is 4.89. The topological polar surface area (TPSA) is 15.7 Å². The summed E-state index contributed by atoms with van der Waals surface area (Å²) in [6, 6.07) is 6.05. The number of hydrogen-bond acceptors (Lipinski definition) is 3. The fourth-order valence-electron chi connectivity index (χ4n) is 2.09. The zero-order valence-corrected chi connectivity index (χ0v) is 9.95. The van der Waals surface area contributed by atoms with Crippen molar-refractivity contribution in [3.63, 3.8) is 0 Å². The van der Waals surface area contributed by atoms with E-state index in [1.54, 1.807) is 7.11 Å². The number of rotatable bonds is 2. The van der Waals surface area contributed by atoms with E-state index in [1.165, 1.54) is 5.69 Å². The van der Waals surface area contributed by atoms with Crippen LogP contribution in [0.1, 0.15) is 0 Å².